The van der Waals surface area contributed by atoms with Crippen LogP contribution in [0, 0.1) is 5.92 Å². The van der Waals surface area contributed by atoms with Crippen LogP contribution in [-0.2, 0) is 16.1 Å². The number of carboxylic acid groups (broad SMARTS) is 2. The van der Waals surface area contributed by atoms with E-state index in [4.69, 9.17) is 33.4 Å². The zero-order valence-electron chi connectivity index (χ0n) is 16.2. The van der Waals surface area contributed by atoms with E-state index < -0.39 is 11.9 Å². The Balaban J connectivity index is 0.000000416. The Morgan fingerprint density at radius 1 is 1.11 bits per heavy atom. The molecule has 1 heterocycles. The first-order valence-electron chi connectivity index (χ1n) is 9.21. The van der Waals surface area contributed by atoms with Gasteiger partial charge in [0.25, 0.3) is 0 Å². The molecule has 0 amide bonds. The van der Waals surface area contributed by atoms with Gasteiger partial charge in [-0.1, -0.05) is 37.0 Å². The minimum Gasteiger partial charge on any atom is -0.478 e. The van der Waals surface area contributed by atoms with Crippen LogP contribution < -0.4 is 5.32 Å². The SMILES string of the molecule is CC(C)CN(Cc1cc(Cl)cc(Cl)c1)C1CCNCC1.O=C(O)/C=C/C(=O)O. The van der Waals surface area contributed by atoms with Gasteiger partial charge in [-0.05, 0) is 55.6 Å². The number of nitrogens with zero attached hydrogens (tertiary/aromatic N) is 1. The van der Waals surface area contributed by atoms with Crippen molar-refractivity contribution in [3.05, 3.63) is 46.0 Å². The molecule has 28 heavy (non-hydrogen) atoms. The number of halogens is 2. The zero-order chi connectivity index (χ0) is 21.1. The number of carboxylic acids is 2. The predicted molar refractivity (Wildman–Crippen MR) is 112 cm³/mol. The highest BCUT2D eigenvalue weighted by Gasteiger charge is 2.21. The van der Waals surface area contributed by atoms with E-state index in [1.807, 2.05) is 12.1 Å². The summed E-state index contributed by atoms with van der Waals surface area (Å²) in [6.45, 7) is 8.85. The highest BCUT2D eigenvalue weighted by Crippen LogP contribution is 2.23. The number of hydrogen-bond acceptors (Lipinski definition) is 4. The van der Waals surface area contributed by atoms with Crippen molar-refractivity contribution >= 4 is 35.1 Å². The number of hydrogen-bond donors (Lipinski definition) is 3. The van der Waals surface area contributed by atoms with Gasteiger partial charge >= 0.3 is 11.9 Å². The smallest absolute Gasteiger partial charge is 0.328 e. The average molecular weight is 431 g/mol. The van der Waals surface area contributed by atoms with E-state index in [1.165, 1.54) is 18.4 Å². The maximum absolute atomic E-state index is 9.55. The third-order valence-corrected chi connectivity index (χ3v) is 4.54. The van der Waals surface area contributed by atoms with Crippen molar-refractivity contribution in [1.82, 2.24) is 10.2 Å². The fraction of sp³-hybridized carbons (Fsp3) is 0.500. The highest BCUT2D eigenvalue weighted by molar-refractivity contribution is 6.34. The summed E-state index contributed by atoms with van der Waals surface area (Å²) in [4.78, 5) is 21.7. The number of rotatable bonds is 7. The lowest BCUT2D eigenvalue weighted by Gasteiger charge is -2.36. The van der Waals surface area contributed by atoms with E-state index in [1.54, 1.807) is 6.07 Å². The van der Waals surface area contributed by atoms with E-state index >= 15 is 0 Å². The molecule has 0 aromatic heterocycles. The van der Waals surface area contributed by atoms with Crippen LogP contribution in [0.1, 0.15) is 32.3 Å². The van der Waals surface area contributed by atoms with E-state index in [9.17, 15) is 9.59 Å². The summed E-state index contributed by atoms with van der Waals surface area (Å²) < 4.78 is 0. The normalized spacial score (nSPS) is 14.9. The fourth-order valence-corrected chi connectivity index (χ4v) is 3.63. The van der Waals surface area contributed by atoms with E-state index in [2.05, 4.69) is 24.1 Å². The molecular weight excluding hydrogens is 403 g/mol. The van der Waals surface area contributed by atoms with Gasteiger partial charge in [-0.3, -0.25) is 4.90 Å². The van der Waals surface area contributed by atoms with Gasteiger partial charge in [-0.15, -0.1) is 0 Å². The second-order valence-corrected chi connectivity index (χ2v) is 7.96. The van der Waals surface area contributed by atoms with Crippen molar-refractivity contribution in [1.29, 1.82) is 0 Å². The molecule has 0 atom stereocenters. The Morgan fingerprint density at radius 2 is 1.61 bits per heavy atom. The first kappa shape index (κ1) is 24.4. The topological polar surface area (TPSA) is 89.9 Å². The Labute approximate surface area is 176 Å². The minimum absolute atomic E-state index is 0.558. The van der Waals surface area contributed by atoms with E-state index in [0.717, 1.165) is 36.2 Å². The minimum atomic E-state index is -1.26. The van der Waals surface area contributed by atoms with Gasteiger partial charge in [0.2, 0.25) is 0 Å². The van der Waals surface area contributed by atoms with E-state index in [-0.39, 0.29) is 0 Å². The molecule has 0 aliphatic carbocycles. The van der Waals surface area contributed by atoms with Crippen molar-refractivity contribution in [2.75, 3.05) is 19.6 Å². The monoisotopic (exact) mass is 430 g/mol. The van der Waals surface area contributed by atoms with Crippen LogP contribution >= 0.6 is 23.2 Å². The van der Waals surface area contributed by atoms with Crippen LogP contribution in [0.2, 0.25) is 10.0 Å². The molecular formula is C20H28Cl2N2O4. The quantitative estimate of drug-likeness (QED) is 0.567. The summed E-state index contributed by atoms with van der Waals surface area (Å²) >= 11 is 12.2. The highest BCUT2D eigenvalue weighted by atomic mass is 35.5. The third kappa shape index (κ3) is 10.7. The maximum Gasteiger partial charge on any atom is 0.328 e. The van der Waals surface area contributed by atoms with E-state index in [0.29, 0.717) is 24.1 Å². The number of carbonyl (C=O) groups is 2. The van der Waals surface area contributed by atoms with Crippen molar-refractivity contribution < 1.29 is 19.8 Å². The molecule has 1 aromatic rings. The number of aliphatic carboxylic acids is 2. The zero-order valence-corrected chi connectivity index (χ0v) is 17.7. The summed E-state index contributed by atoms with van der Waals surface area (Å²) in [6, 6.07) is 6.52. The van der Waals surface area contributed by atoms with Gasteiger partial charge in [0.15, 0.2) is 0 Å². The summed E-state index contributed by atoms with van der Waals surface area (Å²) in [5, 5.41) is 20.5. The van der Waals surface area contributed by atoms with Crippen molar-refractivity contribution in [2.24, 2.45) is 5.92 Å². The lowest BCUT2D eigenvalue weighted by atomic mass is 10.0. The van der Waals surface area contributed by atoms with Gasteiger partial charge in [-0.25, -0.2) is 9.59 Å². The number of piperidine rings is 1. The van der Waals surface area contributed by atoms with Crippen LogP contribution in [-0.4, -0.2) is 52.7 Å². The molecule has 1 fully saturated rings. The first-order chi connectivity index (χ1) is 13.2. The van der Waals surface area contributed by atoms with Crippen molar-refractivity contribution in [3.8, 4) is 0 Å². The standard InChI is InChI=1S/C16H24Cl2N2.C4H4O4/c1-12(2)10-20(16-3-5-19-6-4-16)11-13-7-14(17)9-15(18)8-13;5-3(6)1-2-4(7)8/h7-9,12,16,19H,3-6,10-11H2,1-2H3;1-2H,(H,5,6)(H,7,8)/b;2-1+. The second kappa shape index (κ2) is 12.8. The van der Waals surface area contributed by atoms with Crippen LogP contribution in [0.15, 0.2) is 30.4 Å². The molecule has 0 saturated carbocycles. The van der Waals surface area contributed by atoms with Gasteiger partial charge in [-0.2, -0.15) is 0 Å². The Morgan fingerprint density at radius 3 is 2.04 bits per heavy atom. The molecule has 8 heteroatoms. The van der Waals surface area contributed by atoms with Gasteiger partial charge in [0.1, 0.15) is 0 Å². The molecule has 6 nitrogen and oxygen atoms in total. The molecule has 2 rings (SSSR count). The summed E-state index contributed by atoms with van der Waals surface area (Å²) in [6.07, 6.45) is 3.56. The molecule has 1 aliphatic rings. The molecule has 0 unspecified atom stereocenters. The third-order valence-electron chi connectivity index (χ3n) is 4.10. The molecule has 0 bridgehead atoms. The van der Waals surface area contributed by atoms with Crippen LogP contribution in [0.25, 0.3) is 0 Å². The van der Waals surface area contributed by atoms with Gasteiger partial charge in [0.05, 0.1) is 0 Å². The van der Waals surface area contributed by atoms with Crippen LogP contribution in [0.5, 0.6) is 0 Å². The molecule has 156 valence electrons. The predicted octanol–water partition coefficient (Wildman–Crippen LogP) is 3.92. The second-order valence-electron chi connectivity index (χ2n) is 7.09. The summed E-state index contributed by atoms with van der Waals surface area (Å²) in [5.74, 6) is -1.85. The Bertz CT molecular complexity index is 638. The fourth-order valence-electron chi connectivity index (χ4n) is 3.06. The molecule has 1 aliphatic heterocycles. The molecule has 1 saturated heterocycles. The molecule has 1 aromatic carbocycles. The lowest BCUT2D eigenvalue weighted by Crippen LogP contribution is -2.44. The largest absolute Gasteiger partial charge is 0.478 e. The van der Waals surface area contributed by atoms with Gasteiger partial charge in [0, 0.05) is 41.3 Å². The average Bonchev–Trinajstić information content (AvgIpc) is 2.59. The molecule has 3 N–H and O–H groups in total. The first-order valence-corrected chi connectivity index (χ1v) is 9.96. The van der Waals surface area contributed by atoms with Crippen LogP contribution in [0.3, 0.4) is 0 Å². The van der Waals surface area contributed by atoms with Crippen molar-refractivity contribution in [3.63, 3.8) is 0 Å². The van der Waals surface area contributed by atoms with Crippen molar-refractivity contribution in [2.45, 2.75) is 39.3 Å². The number of nitrogens with one attached hydrogen (secondary N) is 1. The number of benzene rings is 1. The van der Waals surface area contributed by atoms with Crippen LogP contribution in [0.4, 0.5) is 0 Å². The molecule has 0 radical (unpaired) electrons. The lowest BCUT2D eigenvalue weighted by molar-refractivity contribution is -0.134. The summed E-state index contributed by atoms with van der Waals surface area (Å²) in [7, 11) is 0. The Hall–Kier alpha value is -1.60. The molecule has 0 spiro atoms. The maximum atomic E-state index is 9.55. The Kier molecular flexibility index (Phi) is 11.2. The summed E-state index contributed by atoms with van der Waals surface area (Å²) in [5.41, 5.74) is 1.21. The van der Waals surface area contributed by atoms with Gasteiger partial charge < -0.3 is 15.5 Å².